The Morgan fingerprint density at radius 1 is 0.867 bits per heavy atom. The van der Waals surface area contributed by atoms with Gasteiger partial charge in [0.15, 0.2) is 5.54 Å². The van der Waals surface area contributed by atoms with E-state index in [1.807, 2.05) is 72.8 Å². The normalized spacial score (nSPS) is 18.3. The molecule has 0 bridgehead atoms. The van der Waals surface area contributed by atoms with Crippen molar-refractivity contribution in [1.29, 1.82) is 0 Å². The van der Waals surface area contributed by atoms with Crippen LogP contribution < -0.4 is 14.4 Å². The number of aromatic nitrogens is 3. The van der Waals surface area contributed by atoms with E-state index in [-0.39, 0.29) is 5.91 Å². The molecule has 1 fully saturated rings. The minimum absolute atomic E-state index is 0.0616. The molecule has 1 aliphatic rings. The van der Waals surface area contributed by atoms with Gasteiger partial charge >= 0.3 is 0 Å². The molecule has 0 saturated carbocycles. The lowest BCUT2D eigenvalue weighted by molar-refractivity contribution is -0.131. The van der Waals surface area contributed by atoms with E-state index in [0.29, 0.717) is 6.54 Å². The Bertz CT molecular complexity index is 1220. The maximum atomic E-state index is 13.7. The van der Waals surface area contributed by atoms with Gasteiger partial charge in [0.2, 0.25) is 0 Å². The van der Waals surface area contributed by atoms with E-state index in [2.05, 4.69) is 10.3 Å². The van der Waals surface area contributed by atoms with E-state index < -0.39 is 5.54 Å². The Kier molecular flexibility index (Phi) is 4.17. The van der Waals surface area contributed by atoms with Gasteiger partial charge in [-0.3, -0.25) is 4.79 Å². The second-order valence-electron chi connectivity index (χ2n) is 7.17. The topological polar surface area (TPSA) is 69.5 Å². The van der Waals surface area contributed by atoms with E-state index in [4.69, 9.17) is 9.47 Å². The highest BCUT2D eigenvalue weighted by molar-refractivity contribution is 6.09. The number of β-lactam (4-membered cyclic amide) rings is 1. The molecule has 1 aromatic heterocycles. The highest BCUT2D eigenvalue weighted by Gasteiger charge is 2.57. The molecule has 150 valence electrons. The first-order valence-corrected chi connectivity index (χ1v) is 9.59. The molecule has 0 aliphatic carbocycles. The lowest BCUT2D eigenvalue weighted by Gasteiger charge is -2.48. The largest absolute Gasteiger partial charge is 0.497 e. The Balaban J connectivity index is 1.62. The fourth-order valence-electron chi connectivity index (χ4n) is 3.98. The smallest absolute Gasteiger partial charge is 0.261 e. The molecule has 0 unspecified atom stereocenters. The van der Waals surface area contributed by atoms with Gasteiger partial charge in [0.25, 0.3) is 5.91 Å². The summed E-state index contributed by atoms with van der Waals surface area (Å²) in [4.78, 5) is 15.5. The Hall–Kier alpha value is -3.87. The quantitative estimate of drug-likeness (QED) is 0.481. The second-order valence-corrected chi connectivity index (χ2v) is 7.17. The van der Waals surface area contributed by atoms with Gasteiger partial charge in [0, 0.05) is 5.69 Å². The molecule has 3 aromatic carbocycles. The fourth-order valence-corrected chi connectivity index (χ4v) is 3.98. The number of hydrogen-bond donors (Lipinski definition) is 0. The van der Waals surface area contributed by atoms with Gasteiger partial charge in [-0.25, -0.2) is 4.68 Å². The molecule has 30 heavy (non-hydrogen) atoms. The first-order chi connectivity index (χ1) is 14.7. The van der Waals surface area contributed by atoms with Crippen LogP contribution in [0.5, 0.6) is 11.5 Å². The van der Waals surface area contributed by atoms with Crippen LogP contribution in [-0.2, 0) is 10.3 Å². The maximum Gasteiger partial charge on any atom is 0.261 e. The van der Waals surface area contributed by atoms with Crippen LogP contribution in [0.2, 0.25) is 0 Å². The number of hydrogen-bond acceptors (Lipinski definition) is 5. The number of rotatable bonds is 5. The summed E-state index contributed by atoms with van der Waals surface area (Å²) >= 11 is 0. The van der Waals surface area contributed by atoms with E-state index in [1.54, 1.807) is 23.8 Å². The van der Waals surface area contributed by atoms with Crippen molar-refractivity contribution < 1.29 is 14.3 Å². The lowest BCUT2D eigenvalue weighted by Crippen LogP contribution is -2.68. The van der Waals surface area contributed by atoms with Gasteiger partial charge in [-0.2, -0.15) is 0 Å². The highest BCUT2D eigenvalue weighted by Crippen LogP contribution is 2.42. The molecule has 1 atom stereocenters. The summed E-state index contributed by atoms with van der Waals surface area (Å²) in [6.45, 7) is 0.442. The van der Waals surface area contributed by atoms with Gasteiger partial charge in [-0.05, 0) is 54.1 Å². The average Bonchev–Trinajstić information content (AvgIpc) is 3.23. The predicted molar refractivity (Wildman–Crippen MR) is 113 cm³/mol. The predicted octanol–water partition coefficient (Wildman–Crippen LogP) is 3.24. The van der Waals surface area contributed by atoms with Crippen LogP contribution in [0.25, 0.3) is 11.0 Å². The molecule has 0 radical (unpaired) electrons. The summed E-state index contributed by atoms with van der Waals surface area (Å²) in [5.41, 5.74) is 2.25. The second kappa shape index (κ2) is 6.88. The van der Waals surface area contributed by atoms with Gasteiger partial charge in [0.1, 0.15) is 17.0 Å². The van der Waals surface area contributed by atoms with Crippen molar-refractivity contribution in [1.82, 2.24) is 15.0 Å². The van der Waals surface area contributed by atoms with Crippen LogP contribution in [0.3, 0.4) is 0 Å². The maximum absolute atomic E-state index is 13.7. The van der Waals surface area contributed by atoms with Gasteiger partial charge in [-0.15, -0.1) is 5.10 Å². The van der Waals surface area contributed by atoms with Crippen LogP contribution in [0.15, 0.2) is 72.8 Å². The number of ether oxygens (including phenoxy) is 2. The average molecular weight is 400 g/mol. The minimum Gasteiger partial charge on any atom is -0.497 e. The molecule has 7 nitrogen and oxygen atoms in total. The summed E-state index contributed by atoms with van der Waals surface area (Å²) in [5.74, 6) is 1.42. The van der Waals surface area contributed by atoms with E-state index >= 15 is 0 Å². The molecule has 0 N–H and O–H groups in total. The molecule has 1 saturated heterocycles. The van der Waals surface area contributed by atoms with Crippen molar-refractivity contribution in [3.05, 3.63) is 78.4 Å². The van der Waals surface area contributed by atoms with E-state index in [1.165, 1.54) is 0 Å². The SMILES string of the molecule is COc1ccc(N2C[C@@](c3ccc(OC)cc3)(n3nnc4ccccc43)C2=O)cc1. The molecular weight excluding hydrogens is 380 g/mol. The number of fused-ring (bicyclic) bond motifs is 1. The number of para-hydroxylation sites is 1. The first kappa shape index (κ1) is 18.2. The van der Waals surface area contributed by atoms with Crippen molar-refractivity contribution >= 4 is 22.6 Å². The number of anilines is 1. The third-order valence-corrected chi connectivity index (χ3v) is 5.65. The third kappa shape index (κ3) is 2.55. The monoisotopic (exact) mass is 400 g/mol. The minimum atomic E-state index is -0.970. The highest BCUT2D eigenvalue weighted by atomic mass is 16.5. The number of nitrogens with zero attached hydrogens (tertiary/aromatic N) is 4. The van der Waals surface area contributed by atoms with Gasteiger partial charge in [-0.1, -0.05) is 29.5 Å². The zero-order chi connectivity index (χ0) is 20.7. The summed E-state index contributed by atoms with van der Waals surface area (Å²) in [6, 6.07) is 22.7. The van der Waals surface area contributed by atoms with Crippen LogP contribution in [0.1, 0.15) is 5.56 Å². The first-order valence-electron chi connectivity index (χ1n) is 9.59. The Labute approximate surface area is 173 Å². The van der Waals surface area contributed by atoms with E-state index in [9.17, 15) is 4.79 Å². The van der Waals surface area contributed by atoms with Crippen molar-refractivity contribution in [2.24, 2.45) is 0 Å². The molecule has 0 spiro atoms. The number of methoxy groups -OCH3 is 2. The zero-order valence-electron chi connectivity index (χ0n) is 16.6. The lowest BCUT2D eigenvalue weighted by atomic mass is 9.80. The Morgan fingerprint density at radius 2 is 1.50 bits per heavy atom. The number of carbonyl (C=O) groups is 1. The summed E-state index contributed by atoms with van der Waals surface area (Å²) in [5, 5.41) is 8.66. The van der Waals surface area contributed by atoms with Crippen LogP contribution in [-0.4, -0.2) is 41.7 Å². The van der Waals surface area contributed by atoms with Crippen LogP contribution >= 0.6 is 0 Å². The molecule has 4 aromatic rings. The third-order valence-electron chi connectivity index (χ3n) is 5.65. The van der Waals surface area contributed by atoms with Crippen LogP contribution in [0.4, 0.5) is 5.69 Å². The standard InChI is InChI=1S/C23H20N4O3/c1-29-18-11-7-16(8-12-18)23(27-21-6-4-3-5-20(21)24-25-27)15-26(22(23)28)17-9-13-19(30-2)14-10-17/h3-14H,15H2,1-2H3/t23-/m0/s1. The van der Waals surface area contributed by atoms with E-state index in [0.717, 1.165) is 33.8 Å². The summed E-state index contributed by atoms with van der Waals surface area (Å²) < 4.78 is 12.3. The summed E-state index contributed by atoms with van der Waals surface area (Å²) in [6.07, 6.45) is 0. The van der Waals surface area contributed by atoms with Crippen molar-refractivity contribution in [2.45, 2.75) is 5.54 Å². The molecule has 1 amide bonds. The summed E-state index contributed by atoms with van der Waals surface area (Å²) in [7, 11) is 3.24. The van der Waals surface area contributed by atoms with Crippen molar-refractivity contribution in [3.8, 4) is 11.5 Å². The number of carbonyl (C=O) groups excluding carboxylic acids is 1. The molecule has 2 heterocycles. The van der Waals surface area contributed by atoms with Gasteiger partial charge in [0.05, 0.1) is 26.3 Å². The number of amides is 1. The Morgan fingerprint density at radius 3 is 2.13 bits per heavy atom. The van der Waals surface area contributed by atoms with Gasteiger partial charge < -0.3 is 14.4 Å². The molecule has 1 aliphatic heterocycles. The zero-order valence-corrected chi connectivity index (χ0v) is 16.6. The fraction of sp³-hybridized carbons (Fsp3) is 0.174. The molecule has 7 heteroatoms. The number of benzene rings is 3. The van der Waals surface area contributed by atoms with Crippen molar-refractivity contribution in [3.63, 3.8) is 0 Å². The molecule has 5 rings (SSSR count). The molecular formula is C23H20N4O3. The van der Waals surface area contributed by atoms with Crippen molar-refractivity contribution in [2.75, 3.05) is 25.7 Å². The van der Waals surface area contributed by atoms with Crippen LogP contribution in [0, 0.1) is 0 Å².